The summed E-state index contributed by atoms with van der Waals surface area (Å²) in [6, 6.07) is 0. The Morgan fingerprint density at radius 2 is 1.64 bits per heavy atom. The number of ether oxygens (including phenoxy) is 1. The van der Waals surface area contributed by atoms with Crippen LogP contribution in [0.5, 0.6) is 0 Å². The molecule has 33 heavy (non-hydrogen) atoms. The van der Waals surface area contributed by atoms with Crippen molar-refractivity contribution < 1.29 is 14.6 Å². The minimum Gasteiger partial charge on any atom is -0.388 e. The molecular weight excluding hydrogens is 408 g/mol. The molecule has 1 saturated heterocycles. The zero-order chi connectivity index (χ0) is 24.2. The molecule has 186 valence electrons. The fraction of sp³-hybridized carbons (Fsp3) is 0.900. The number of carbonyl (C=O) groups excluding carboxylic acids is 1. The number of hydrogen-bond donors (Lipinski definition) is 1. The van der Waals surface area contributed by atoms with E-state index in [0.717, 1.165) is 44.9 Å². The highest BCUT2D eigenvalue weighted by Gasteiger charge is 2.66. The van der Waals surface area contributed by atoms with Gasteiger partial charge in [-0.15, -0.1) is 0 Å². The van der Waals surface area contributed by atoms with Gasteiger partial charge in [-0.2, -0.15) is 0 Å². The minimum atomic E-state index is -0.791. The molecule has 0 aromatic heterocycles. The molecule has 0 aromatic carbocycles. The van der Waals surface area contributed by atoms with Crippen LogP contribution in [0.3, 0.4) is 0 Å². The quantitative estimate of drug-likeness (QED) is 0.438. The Bertz CT molecular complexity index is 877. The first-order valence-electron chi connectivity index (χ1n) is 13.8. The molecule has 5 aliphatic rings. The lowest BCUT2D eigenvalue weighted by Crippen LogP contribution is -2.54. The second kappa shape index (κ2) is 7.19. The zero-order valence-corrected chi connectivity index (χ0v) is 22.5. The summed E-state index contributed by atoms with van der Waals surface area (Å²) in [5.41, 5.74) is 3.04. The van der Waals surface area contributed by atoms with Gasteiger partial charge in [-0.3, -0.25) is 4.79 Å². The summed E-state index contributed by atoms with van der Waals surface area (Å²) in [6.45, 7) is 18.4. The van der Waals surface area contributed by atoms with Crippen LogP contribution < -0.4 is 0 Å². The maximum Gasteiger partial charge on any atom is 0.138 e. The van der Waals surface area contributed by atoms with E-state index in [0.29, 0.717) is 23.5 Å². The van der Waals surface area contributed by atoms with Crippen LogP contribution in [0.2, 0.25) is 0 Å². The summed E-state index contributed by atoms with van der Waals surface area (Å²) in [5, 5.41) is 10.8. The van der Waals surface area contributed by atoms with Crippen LogP contribution in [0.1, 0.15) is 113 Å². The highest BCUT2D eigenvalue weighted by atomic mass is 16.5. The SMILES string of the molecule is C[C@H]1CC[C@H](C(C)(C)O)O[C@H]2C[C@]3(C)C4=C(CC[C@]3(C)[C@@H]21)[C@@]1(C)CCC(=O)C(C)(C)[C@H]1CC4. The molecule has 3 fully saturated rings. The van der Waals surface area contributed by atoms with E-state index in [-0.39, 0.29) is 33.9 Å². The molecule has 2 saturated carbocycles. The third-order valence-corrected chi connectivity index (χ3v) is 12.2. The van der Waals surface area contributed by atoms with Gasteiger partial charge in [-0.1, -0.05) is 52.7 Å². The molecule has 0 spiro atoms. The lowest BCUT2D eigenvalue weighted by Gasteiger charge is -2.60. The van der Waals surface area contributed by atoms with Gasteiger partial charge in [0.1, 0.15) is 5.78 Å². The highest BCUT2D eigenvalue weighted by molar-refractivity contribution is 5.85. The fourth-order valence-corrected chi connectivity index (χ4v) is 10.1. The van der Waals surface area contributed by atoms with Crippen LogP contribution in [-0.4, -0.2) is 28.7 Å². The number of hydrogen-bond acceptors (Lipinski definition) is 3. The zero-order valence-electron chi connectivity index (χ0n) is 22.5. The molecule has 0 aromatic rings. The van der Waals surface area contributed by atoms with Crippen LogP contribution in [0.15, 0.2) is 11.1 Å². The maximum atomic E-state index is 12.9. The maximum absolute atomic E-state index is 12.9. The fourth-order valence-electron chi connectivity index (χ4n) is 10.1. The lowest BCUT2D eigenvalue weighted by molar-refractivity contribution is -0.139. The summed E-state index contributed by atoms with van der Waals surface area (Å²) in [7, 11) is 0. The van der Waals surface area contributed by atoms with E-state index in [2.05, 4.69) is 41.5 Å². The number of Topliss-reactive ketones (excluding diaryl/α,β-unsaturated/α-hetero) is 1. The number of allylic oxidation sites excluding steroid dienone is 2. The Morgan fingerprint density at radius 3 is 2.30 bits per heavy atom. The van der Waals surface area contributed by atoms with Gasteiger partial charge in [-0.05, 0) is 99.2 Å². The Kier molecular flexibility index (Phi) is 5.24. The Balaban J connectivity index is 1.57. The summed E-state index contributed by atoms with van der Waals surface area (Å²) < 4.78 is 6.83. The standard InChI is InChI=1S/C30H48O3/c1-18-9-12-24(27(4,5)32)33-21-17-30(8)20-10-11-22-26(2,3)23(31)14-15-28(22,6)19(20)13-16-29(30,7)25(18)21/h18,21-22,24-25,32H,9-17H2,1-8H3/t18-,21-,22+,24+,25+,28+,29+,30+/m0/s1. The summed E-state index contributed by atoms with van der Waals surface area (Å²) in [5.74, 6) is 2.12. The van der Waals surface area contributed by atoms with Crippen LogP contribution in [0.4, 0.5) is 0 Å². The molecule has 1 aliphatic heterocycles. The number of ketones is 1. The molecule has 0 bridgehead atoms. The smallest absolute Gasteiger partial charge is 0.138 e. The molecular formula is C30H48O3. The normalized spacial score (nSPS) is 49.6. The third kappa shape index (κ3) is 3.09. The molecule has 0 radical (unpaired) electrons. The molecule has 8 atom stereocenters. The van der Waals surface area contributed by atoms with Crippen LogP contribution >= 0.6 is 0 Å². The summed E-state index contributed by atoms with van der Waals surface area (Å²) in [6.07, 6.45) is 9.86. The molecule has 3 nitrogen and oxygen atoms in total. The topological polar surface area (TPSA) is 46.5 Å². The van der Waals surface area contributed by atoms with Gasteiger partial charge < -0.3 is 9.84 Å². The van der Waals surface area contributed by atoms with Crippen molar-refractivity contribution in [1.82, 2.24) is 0 Å². The van der Waals surface area contributed by atoms with E-state index in [1.54, 1.807) is 11.1 Å². The Morgan fingerprint density at radius 1 is 0.939 bits per heavy atom. The Labute approximate surface area is 202 Å². The number of rotatable bonds is 1. The van der Waals surface area contributed by atoms with Crippen LogP contribution in [0, 0.1) is 39.4 Å². The van der Waals surface area contributed by atoms with Crippen LogP contribution in [-0.2, 0) is 9.53 Å². The van der Waals surface area contributed by atoms with E-state index < -0.39 is 5.60 Å². The second-order valence-electron chi connectivity index (χ2n) is 14.5. The average Bonchev–Trinajstić information content (AvgIpc) is 2.81. The van der Waals surface area contributed by atoms with Crippen molar-refractivity contribution in [3.8, 4) is 0 Å². The lowest BCUT2D eigenvalue weighted by atomic mass is 9.43. The van der Waals surface area contributed by atoms with Crippen molar-refractivity contribution in [3.05, 3.63) is 11.1 Å². The van der Waals surface area contributed by atoms with E-state index >= 15 is 0 Å². The number of fused-ring (bicyclic) bond motifs is 6. The van der Waals surface area contributed by atoms with Crippen molar-refractivity contribution in [3.63, 3.8) is 0 Å². The molecule has 0 amide bonds. The van der Waals surface area contributed by atoms with Crippen molar-refractivity contribution >= 4 is 5.78 Å². The number of carbonyl (C=O) groups is 1. The monoisotopic (exact) mass is 456 g/mol. The van der Waals surface area contributed by atoms with E-state index in [1.165, 1.54) is 12.8 Å². The van der Waals surface area contributed by atoms with Crippen molar-refractivity contribution in [2.45, 2.75) is 131 Å². The van der Waals surface area contributed by atoms with Gasteiger partial charge >= 0.3 is 0 Å². The first kappa shape index (κ1) is 24.0. The van der Waals surface area contributed by atoms with E-state index in [4.69, 9.17) is 4.74 Å². The first-order chi connectivity index (χ1) is 15.2. The second-order valence-corrected chi connectivity index (χ2v) is 14.5. The van der Waals surface area contributed by atoms with Gasteiger partial charge in [0, 0.05) is 11.8 Å². The molecule has 1 heterocycles. The first-order valence-corrected chi connectivity index (χ1v) is 13.8. The van der Waals surface area contributed by atoms with Gasteiger partial charge in [-0.25, -0.2) is 0 Å². The molecule has 4 aliphatic carbocycles. The minimum absolute atomic E-state index is 0.0748. The number of aliphatic hydroxyl groups is 1. The van der Waals surface area contributed by atoms with Crippen molar-refractivity contribution in [1.29, 1.82) is 0 Å². The average molecular weight is 457 g/mol. The molecule has 0 unspecified atom stereocenters. The highest BCUT2D eigenvalue weighted by Crippen LogP contribution is 2.73. The Hall–Kier alpha value is -0.670. The van der Waals surface area contributed by atoms with Gasteiger partial charge in [0.2, 0.25) is 0 Å². The largest absolute Gasteiger partial charge is 0.388 e. The van der Waals surface area contributed by atoms with Crippen molar-refractivity contribution in [2.75, 3.05) is 0 Å². The van der Waals surface area contributed by atoms with Gasteiger partial charge in [0.05, 0.1) is 17.8 Å². The molecule has 1 N–H and O–H groups in total. The molecule has 5 rings (SSSR count). The molecule has 3 heteroatoms. The predicted molar refractivity (Wildman–Crippen MR) is 133 cm³/mol. The summed E-state index contributed by atoms with van der Waals surface area (Å²) in [4.78, 5) is 12.9. The van der Waals surface area contributed by atoms with E-state index in [1.807, 2.05) is 13.8 Å². The van der Waals surface area contributed by atoms with Gasteiger partial charge in [0.25, 0.3) is 0 Å². The summed E-state index contributed by atoms with van der Waals surface area (Å²) >= 11 is 0. The van der Waals surface area contributed by atoms with Gasteiger partial charge in [0.15, 0.2) is 0 Å². The van der Waals surface area contributed by atoms with E-state index in [9.17, 15) is 9.90 Å². The third-order valence-electron chi connectivity index (χ3n) is 12.2. The predicted octanol–water partition coefficient (Wildman–Crippen LogP) is 6.87. The van der Waals surface area contributed by atoms with Crippen LogP contribution in [0.25, 0.3) is 0 Å². The van der Waals surface area contributed by atoms with Crippen molar-refractivity contribution in [2.24, 2.45) is 39.4 Å².